The predicted octanol–water partition coefficient (Wildman–Crippen LogP) is 2.07. The molecule has 0 heterocycles. The fourth-order valence-electron chi connectivity index (χ4n) is 1.06. The number of rotatable bonds is 7. The number of esters is 2. The van der Waals surface area contributed by atoms with E-state index in [-0.39, 0.29) is 0 Å². The second-order valence-corrected chi connectivity index (χ2v) is 3.58. The standard InChI is InChI=1S/C13H20O4/c1-3-5-6-7-11-17-13(15)9-8-12(14)16-10-4-2/h3-7,10-11H2,1-2H3. The molecule has 0 aliphatic rings. The number of carbonyl (C=O) groups excluding carboxylic acids is 2. The molecule has 0 N–H and O–H groups in total. The van der Waals surface area contributed by atoms with Gasteiger partial charge in [0.1, 0.15) is 0 Å². The molecule has 0 spiro atoms. The van der Waals surface area contributed by atoms with E-state index in [9.17, 15) is 9.59 Å². The third kappa shape index (κ3) is 10.8. The van der Waals surface area contributed by atoms with Crippen LogP contribution in [0, 0.1) is 11.8 Å². The fourth-order valence-corrected chi connectivity index (χ4v) is 1.06. The van der Waals surface area contributed by atoms with Crippen LogP contribution in [0.25, 0.3) is 0 Å². The maximum absolute atomic E-state index is 11.1. The highest BCUT2D eigenvalue weighted by Gasteiger charge is 1.99. The summed E-state index contributed by atoms with van der Waals surface area (Å²) in [5.41, 5.74) is 0. The van der Waals surface area contributed by atoms with Gasteiger partial charge in [-0.3, -0.25) is 0 Å². The van der Waals surface area contributed by atoms with Crippen molar-refractivity contribution in [3.05, 3.63) is 0 Å². The molecule has 17 heavy (non-hydrogen) atoms. The van der Waals surface area contributed by atoms with E-state index in [2.05, 4.69) is 23.5 Å². The van der Waals surface area contributed by atoms with Crippen molar-refractivity contribution in [2.75, 3.05) is 13.2 Å². The Bertz CT molecular complexity index is 286. The van der Waals surface area contributed by atoms with Gasteiger partial charge in [0.2, 0.25) is 0 Å². The van der Waals surface area contributed by atoms with Gasteiger partial charge >= 0.3 is 11.9 Å². The van der Waals surface area contributed by atoms with Gasteiger partial charge in [0.15, 0.2) is 0 Å². The first kappa shape index (κ1) is 15.5. The van der Waals surface area contributed by atoms with Gasteiger partial charge in [0.25, 0.3) is 0 Å². The molecular weight excluding hydrogens is 220 g/mol. The molecule has 0 saturated carbocycles. The number of hydrogen-bond donors (Lipinski definition) is 0. The molecular formula is C13H20O4. The molecule has 0 fully saturated rings. The first-order valence-electron chi connectivity index (χ1n) is 6.06. The molecule has 0 aromatic rings. The topological polar surface area (TPSA) is 52.6 Å². The van der Waals surface area contributed by atoms with E-state index >= 15 is 0 Å². The summed E-state index contributed by atoms with van der Waals surface area (Å²) < 4.78 is 9.50. The lowest BCUT2D eigenvalue weighted by atomic mass is 10.2. The summed E-state index contributed by atoms with van der Waals surface area (Å²) in [6, 6.07) is 0. The van der Waals surface area contributed by atoms with E-state index in [4.69, 9.17) is 4.74 Å². The van der Waals surface area contributed by atoms with E-state index in [0.29, 0.717) is 13.2 Å². The summed E-state index contributed by atoms with van der Waals surface area (Å²) >= 11 is 0. The predicted molar refractivity (Wildman–Crippen MR) is 64.1 cm³/mol. The largest absolute Gasteiger partial charge is 0.456 e. The lowest BCUT2D eigenvalue weighted by Crippen LogP contribution is -2.06. The van der Waals surface area contributed by atoms with Gasteiger partial charge in [0.05, 0.1) is 13.2 Å². The summed E-state index contributed by atoms with van der Waals surface area (Å²) in [7, 11) is 0. The Hall–Kier alpha value is -1.50. The number of carbonyl (C=O) groups is 2. The van der Waals surface area contributed by atoms with Gasteiger partial charge in [-0.05, 0) is 12.8 Å². The highest BCUT2D eigenvalue weighted by molar-refractivity contribution is 5.98. The molecule has 4 heteroatoms. The molecule has 0 aromatic heterocycles. The zero-order valence-electron chi connectivity index (χ0n) is 10.6. The molecule has 0 amide bonds. The van der Waals surface area contributed by atoms with Crippen molar-refractivity contribution in [2.45, 2.75) is 46.0 Å². The van der Waals surface area contributed by atoms with Crippen LogP contribution in [-0.2, 0) is 19.1 Å². The summed E-state index contributed by atoms with van der Waals surface area (Å²) in [5.74, 6) is 2.82. The maximum Gasteiger partial charge on any atom is 0.384 e. The fraction of sp³-hybridized carbons (Fsp3) is 0.692. The molecule has 0 radical (unpaired) electrons. The van der Waals surface area contributed by atoms with Crippen LogP contribution in [0.3, 0.4) is 0 Å². The van der Waals surface area contributed by atoms with E-state index in [1.165, 1.54) is 0 Å². The van der Waals surface area contributed by atoms with Gasteiger partial charge in [-0.25, -0.2) is 9.59 Å². The zero-order chi connectivity index (χ0) is 12.9. The molecule has 0 atom stereocenters. The lowest BCUT2D eigenvalue weighted by Gasteiger charge is -1.99. The van der Waals surface area contributed by atoms with E-state index in [1.54, 1.807) is 0 Å². The van der Waals surface area contributed by atoms with Crippen LogP contribution in [0.1, 0.15) is 46.0 Å². The third-order valence-corrected chi connectivity index (χ3v) is 1.93. The molecule has 96 valence electrons. The van der Waals surface area contributed by atoms with Crippen molar-refractivity contribution in [1.29, 1.82) is 0 Å². The van der Waals surface area contributed by atoms with Gasteiger partial charge in [0, 0.05) is 11.8 Å². The maximum atomic E-state index is 11.1. The lowest BCUT2D eigenvalue weighted by molar-refractivity contribution is -0.138. The Labute approximate surface area is 103 Å². The molecule has 0 bridgehead atoms. The Balaban J connectivity index is 3.63. The first-order chi connectivity index (χ1) is 8.20. The monoisotopic (exact) mass is 240 g/mol. The second-order valence-electron chi connectivity index (χ2n) is 3.58. The molecule has 0 saturated heterocycles. The van der Waals surface area contributed by atoms with Crippen molar-refractivity contribution in [1.82, 2.24) is 0 Å². The van der Waals surface area contributed by atoms with Crippen LogP contribution >= 0.6 is 0 Å². The third-order valence-electron chi connectivity index (χ3n) is 1.93. The summed E-state index contributed by atoms with van der Waals surface area (Å²) in [5, 5.41) is 0. The van der Waals surface area contributed by atoms with Crippen molar-refractivity contribution >= 4 is 11.9 Å². The average Bonchev–Trinajstić information content (AvgIpc) is 2.33. The number of hydrogen-bond acceptors (Lipinski definition) is 4. The number of ether oxygens (including phenoxy) is 2. The van der Waals surface area contributed by atoms with Crippen molar-refractivity contribution in [3.8, 4) is 11.8 Å². The van der Waals surface area contributed by atoms with Gasteiger partial charge in [-0.1, -0.05) is 33.1 Å². The van der Waals surface area contributed by atoms with E-state index < -0.39 is 11.9 Å². The minimum absolute atomic E-state index is 0.319. The summed E-state index contributed by atoms with van der Waals surface area (Å²) in [4.78, 5) is 22.0. The molecule has 0 aromatic carbocycles. The Kier molecular flexibility index (Phi) is 10.0. The number of unbranched alkanes of at least 4 members (excludes halogenated alkanes) is 3. The van der Waals surface area contributed by atoms with Crippen LogP contribution in [0.4, 0.5) is 0 Å². The molecule has 4 nitrogen and oxygen atoms in total. The van der Waals surface area contributed by atoms with Crippen LogP contribution in [0.2, 0.25) is 0 Å². The van der Waals surface area contributed by atoms with Gasteiger partial charge < -0.3 is 9.47 Å². The molecule has 0 rings (SSSR count). The highest BCUT2D eigenvalue weighted by Crippen LogP contribution is 1.98. The van der Waals surface area contributed by atoms with Crippen LogP contribution < -0.4 is 0 Å². The molecule has 0 aliphatic carbocycles. The smallest absolute Gasteiger partial charge is 0.384 e. The minimum Gasteiger partial charge on any atom is -0.456 e. The summed E-state index contributed by atoms with van der Waals surface area (Å²) in [6.07, 6.45) is 4.87. The quantitative estimate of drug-likeness (QED) is 0.296. The zero-order valence-corrected chi connectivity index (χ0v) is 10.6. The minimum atomic E-state index is -0.685. The normalized spacial score (nSPS) is 9.06. The Morgan fingerprint density at radius 1 is 0.824 bits per heavy atom. The van der Waals surface area contributed by atoms with Crippen molar-refractivity contribution < 1.29 is 19.1 Å². The second kappa shape index (κ2) is 11.0. The van der Waals surface area contributed by atoms with E-state index in [1.807, 2.05) is 6.92 Å². The summed E-state index contributed by atoms with van der Waals surface area (Å²) in [6.45, 7) is 4.67. The van der Waals surface area contributed by atoms with E-state index in [0.717, 1.165) is 32.1 Å². The van der Waals surface area contributed by atoms with Crippen molar-refractivity contribution in [3.63, 3.8) is 0 Å². The van der Waals surface area contributed by atoms with Gasteiger partial charge in [-0.15, -0.1) is 0 Å². The highest BCUT2D eigenvalue weighted by atomic mass is 16.5. The van der Waals surface area contributed by atoms with Gasteiger partial charge in [-0.2, -0.15) is 0 Å². The van der Waals surface area contributed by atoms with Crippen molar-refractivity contribution in [2.24, 2.45) is 0 Å². The Morgan fingerprint density at radius 2 is 1.41 bits per heavy atom. The SMILES string of the molecule is CCCCCCOC(=O)C#CC(=O)OCCC. The molecule has 0 aliphatic heterocycles. The van der Waals surface area contributed by atoms with Crippen LogP contribution in [0.15, 0.2) is 0 Å². The first-order valence-corrected chi connectivity index (χ1v) is 6.06. The van der Waals surface area contributed by atoms with Crippen LogP contribution in [-0.4, -0.2) is 25.2 Å². The Morgan fingerprint density at radius 3 is 1.94 bits per heavy atom. The van der Waals surface area contributed by atoms with Crippen LogP contribution in [0.5, 0.6) is 0 Å². The average molecular weight is 240 g/mol. The molecule has 0 unspecified atom stereocenters.